The van der Waals surface area contributed by atoms with Gasteiger partial charge in [0, 0.05) is 6.04 Å². The summed E-state index contributed by atoms with van der Waals surface area (Å²) in [5, 5.41) is 3.78. The molecular formula is C20H41N. The summed E-state index contributed by atoms with van der Waals surface area (Å²) in [6.07, 6.45) is 21.7. The van der Waals surface area contributed by atoms with E-state index in [-0.39, 0.29) is 0 Å². The van der Waals surface area contributed by atoms with Gasteiger partial charge in [0.1, 0.15) is 0 Å². The molecule has 0 bridgehead atoms. The minimum absolute atomic E-state index is 0.815. The van der Waals surface area contributed by atoms with Crippen LogP contribution in [0.1, 0.15) is 110 Å². The Morgan fingerprint density at radius 2 is 1.38 bits per heavy atom. The molecule has 0 aromatic rings. The van der Waals surface area contributed by atoms with Gasteiger partial charge in [-0.05, 0) is 38.1 Å². The second kappa shape index (κ2) is 13.6. The molecule has 1 unspecified atom stereocenters. The molecule has 0 spiro atoms. The van der Waals surface area contributed by atoms with Gasteiger partial charge in [-0.15, -0.1) is 0 Å². The predicted molar refractivity (Wildman–Crippen MR) is 95.9 cm³/mol. The van der Waals surface area contributed by atoms with Crippen molar-refractivity contribution in [1.82, 2.24) is 5.32 Å². The van der Waals surface area contributed by atoms with Crippen LogP contribution in [0.5, 0.6) is 0 Å². The van der Waals surface area contributed by atoms with E-state index in [2.05, 4.69) is 19.2 Å². The molecule has 0 amide bonds. The van der Waals surface area contributed by atoms with Crippen molar-refractivity contribution in [2.45, 2.75) is 116 Å². The Labute approximate surface area is 134 Å². The average Bonchev–Trinajstić information content (AvgIpc) is 3.31. The summed E-state index contributed by atoms with van der Waals surface area (Å²) >= 11 is 0. The highest BCUT2D eigenvalue weighted by Gasteiger charge is 2.22. The van der Waals surface area contributed by atoms with Crippen LogP contribution in [0.4, 0.5) is 0 Å². The molecule has 126 valence electrons. The molecule has 0 saturated heterocycles. The summed E-state index contributed by atoms with van der Waals surface area (Å²) in [7, 11) is 0. The van der Waals surface area contributed by atoms with Crippen molar-refractivity contribution in [3.05, 3.63) is 0 Å². The van der Waals surface area contributed by atoms with Crippen LogP contribution in [0.25, 0.3) is 0 Å². The highest BCUT2D eigenvalue weighted by molar-refractivity contribution is 4.76. The van der Waals surface area contributed by atoms with Crippen molar-refractivity contribution < 1.29 is 0 Å². The quantitative estimate of drug-likeness (QED) is 0.322. The van der Waals surface area contributed by atoms with Crippen LogP contribution >= 0.6 is 0 Å². The molecule has 1 heteroatoms. The van der Waals surface area contributed by atoms with Gasteiger partial charge in [0.25, 0.3) is 0 Å². The van der Waals surface area contributed by atoms with E-state index < -0.39 is 0 Å². The zero-order valence-electron chi connectivity index (χ0n) is 15.0. The molecule has 1 nitrogen and oxygen atoms in total. The molecule has 1 aliphatic carbocycles. The normalized spacial score (nSPS) is 16.3. The lowest BCUT2D eigenvalue weighted by Crippen LogP contribution is -2.29. The maximum atomic E-state index is 3.78. The lowest BCUT2D eigenvalue weighted by molar-refractivity contribution is 0.412. The standard InChI is InChI=1S/C20H41N/c1-3-5-6-7-8-9-10-11-12-13-20(21-18-4-2)17-16-19-14-15-19/h19-21H,3-18H2,1-2H3. The van der Waals surface area contributed by atoms with Crippen molar-refractivity contribution in [2.24, 2.45) is 5.92 Å². The molecule has 1 saturated carbocycles. The Morgan fingerprint density at radius 1 is 0.762 bits per heavy atom. The molecule has 1 atom stereocenters. The van der Waals surface area contributed by atoms with E-state index in [9.17, 15) is 0 Å². The summed E-state index contributed by atoms with van der Waals surface area (Å²) < 4.78 is 0. The van der Waals surface area contributed by atoms with Gasteiger partial charge in [0.15, 0.2) is 0 Å². The maximum absolute atomic E-state index is 3.78. The Morgan fingerprint density at radius 3 is 1.95 bits per heavy atom. The third-order valence-corrected chi connectivity index (χ3v) is 4.96. The molecule has 1 fully saturated rings. The first kappa shape index (κ1) is 19.0. The van der Waals surface area contributed by atoms with Crippen LogP contribution < -0.4 is 5.32 Å². The molecule has 21 heavy (non-hydrogen) atoms. The van der Waals surface area contributed by atoms with Crippen LogP contribution in [-0.4, -0.2) is 12.6 Å². The van der Waals surface area contributed by atoms with Crippen LogP contribution in [0.2, 0.25) is 0 Å². The number of hydrogen-bond acceptors (Lipinski definition) is 1. The van der Waals surface area contributed by atoms with Crippen molar-refractivity contribution >= 4 is 0 Å². The van der Waals surface area contributed by atoms with E-state index in [1.54, 1.807) is 0 Å². The molecular weight excluding hydrogens is 254 g/mol. The molecule has 0 aromatic heterocycles. The fraction of sp³-hybridized carbons (Fsp3) is 1.00. The van der Waals surface area contributed by atoms with E-state index in [4.69, 9.17) is 0 Å². The minimum Gasteiger partial charge on any atom is -0.314 e. The number of nitrogens with one attached hydrogen (secondary N) is 1. The molecule has 0 aliphatic heterocycles. The maximum Gasteiger partial charge on any atom is 0.00671 e. The van der Waals surface area contributed by atoms with Gasteiger partial charge in [-0.25, -0.2) is 0 Å². The fourth-order valence-corrected chi connectivity index (χ4v) is 3.24. The van der Waals surface area contributed by atoms with E-state index in [0.717, 1.165) is 12.0 Å². The number of hydrogen-bond donors (Lipinski definition) is 1. The molecule has 1 N–H and O–H groups in total. The Balaban J connectivity index is 1.90. The van der Waals surface area contributed by atoms with Gasteiger partial charge in [0.05, 0.1) is 0 Å². The molecule has 1 rings (SSSR count). The summed E-state index contributed by atoms with van der Waals surface area (Å²) in [6, 6.07) is 0.815. The third-order valence-electron chi connectivity index (χ3n) is 4.96. The van der Waals surface area contributed by atoms with Gasteiger partial charge in [-0.2, -0.15) is 0 Å². The molecule has 0 radical (unpaired) electrons. The smallest absolute Gasteiger partial charge is 0.00671 e. The lowest BCUT2D eigenvalue weighted by atomic mass is 10.0. The van der Waals surface area contributed by atoms with Crippen molar-refractivity contribution in [3.8, 4) is 0 Å². The molecule has 1 aliphatic rings. The van der Waals surface area contributed by atoms with Gasteiger partial charge in [-0.3, -0.25) is 0 Å². The Hall–Kier alpha value is -0.0400. The molecule has 0 aromatic carbocycles. The monoisotopic (exact) mass is 295 g/mol. The third kappa shape index (κ3) is 12.2. The van der Waals surface area contributed by atoms with Crippen LogP contribution in [0.15, 0.2) is 0 Å². The minimum atomic E-state index is 0.815. The van der Waals surface area contributed by atoms with Crippen molar-refractivity contribution in [2.75, 3.05) is 6.54 Å². The highest BCUT2D eigenvalue weighted by atomic mass is 14.9. The predicted octanol–water partition coefficient (Wildman–Crippen LogP) is 6.47. The summed E-state index contributed by atoms with van der Waals surface area (Å²) in [6.45, 7) is 5.79. The summed E-state index contributed by atoms with van der Waals surface area (Å²) in [5.74, 6) is 1.10. The summed E-state index contributed by atoms with van der Waals surface area (Å²) in [4.78, 5) is 0. The zero-order valence-corrected chi connectivity index (χ0v) is 15.0. The number of unbranched alkanes of at least 4 members (excludes halogenated alkanes) is 8. The Kier molecular flexibility index (Phi) is 12.3. The van der Waals surface area contributed by atoms with Gasteiger partial charge in [-0.1, -0.05) is 84.5 Å². The topological polar surface area (TPSA) is 12.0 Å². The lowest BCUT2D eigenvalue weighted by Gasteiger charge is -2.18. The average molecular weight is 296 g/mol. The van der Waals surface area contributed by atoms with Gasteiger partial charge >= 0.3 is 0 Å². The van der Waals surface area contributed by atoms with E-state index in [0.29, 0.717) is 0 Å². The first-order chi connectivity index (χ1) is 10.4. The SMILES string of the molecule is CCCCCCCCCCCC(CCC1CC1)NCCC. The first-order valence-corrected chi connectivity index (χ1v) is 10.1. The van der Waals surface area contributed by atoms with E-state index in [1.165, 1.54) is 103 Å². The zero-order chi connectivity index (χ0) is 15.2. The second-order valence-electron chi connectivity index (χ2n) is 7.29. The van der Waals surface area contributed by atoms with E-state index >= 15 is 0 Å². The van der Waals surface area contributed by atoms with Crippen LogP contribution in [0, 0.1) is 5.92 Å². The fourth-order valence-electron chi connectivity index (χ4n) is 3.24. The molecule has 0 heterocycles. The van der Waals surface area contributed by atoms with Crippen molar-refractivity contribution in [1.29, 1.82) is 0 Å². The first-order valence-electron chi connectivity index (χ1n) is 10.1. The largest absolute Gasteiger partial charge is 0.314 e. The highest BCUT2D eigenvalue weighted by Crippen LogP contribution is 2.34. The van der Waals surface area contributed by atoms with Gasteiger partial charge < -0.3 is 5.32 Å². The summed E-state index contributed by atoms with van der Waals surface area (Å²) in [5.41, 5.74) is 0. The second-order valence-corrected chi connectivity index (χ2v) is 7.29. The van der Waals surface area contributed by atoms with E-state index in [1.807, 2.05) is 0 Å². The van der Waals surface area contributed by atoms with Gasteiger partial charge in [0.2, 0.25) is 0 Å². The van der Waals surface area contributed by atoms with Crippen LogP contribution in [0.3, 0.4) is 0 Å². The number of rotatable bonds is 16. The van der Waals surface area contributed by atoms with Crippen LogP contribution in [-0.2, 0) is 0 Å². The van der Waals surface area contributed by atoms with Crippen molar-refractivity contribution in [3.63, 3.8) is 0 Å². The Bertz CT molecular complexity index is 210.